The van der Waals surface area contributed by atoms with Gasteiger partial charge in [0.05, 0.1) is 0 Å². The fourth-order valence-corrected chi connectivity index (χ4v) is 2.86. The Balaban J connectivity index is 1.78. The summed E-state index contributed by atoms with van der Waals surface area (Å²) in [5.41, 5.74) is 2.37. The molecule has 0 radical (unpaired) electrons. The third kappa shape index (κ3) is 2.43. The number of para-hydroxylation sites is 1. The molecular weight excluding hydrogens is 250 g/mol. The average Bonchev–Trinajstić information content (AvgIpc) is 2.77. The van der Waals surface area contributed by atoms with Gasteiger partial charge in [-0.3, -0.25) is 4.79 Å². The minimum Gasteiger partial charge on any atom is -0.339 e. The van der Waals surface area contributed by atoms with Crippen molar-refractivity contribution in [3.05, 3.63) is 36.0 Å². The van der Waals surface area contributed by atoms with E-state index in [1.165, 1.54) is 10.9 Å². The molecule has 20 heavy (non-hydrogen) atoms. The number of amides is 1. The third-order valence-electron chi connectivity index (χ3n) is 4.15. The van der Waals surface area contributed by atoms with Crippen LogP contribution in [0.1, 0.15) is 5.56 Å². The van der Waals surface area contributed by atoms with Crippen molar-refractivity contribution in [2.24, 2.45) is 0 Å². The number of fused-ring (bicyclic) bond motifs is 1. The molecule has 1 aliphatic rings. The first-order chi connectivity index (χ1) is 9.65. The van der Waals surface area contributed by atoms with Crippen molar-refractivity contribution in [1.82, 2.24) is 14.4 Å². The van der Waals surface area contributed by atoms with E-state index in [2.05, 4.69) is 41.8 Å². The Morgan fingerprint density at radius 2 is 1.85 bits per heavy atom. The standard InChI is InChI=1S/C16H21N3O/c1-13-11-19(15-6-4-3-5-14(13)15)12-16(20)18-9-7-17(2)8-10-18/h3-6,11H,7-10,12H2,1-2H3. The van der Waals surface area contributed by atoms with Crippen LogP contribution in [0.4, 0.5) is 0 Å². The molecule has 0 aliphatic carbocycles. The van der Waals surface area contributed by atoms with Crippen LogP contribution in [0.3, 0.4) is 0 Å². The van der Waals surface area contributed by atoms with Gasteiger partial charge in [0.15, 0.2) is 0 Å². The quantitative estimate of drug-likeness (QED) is 0.832. The van der Waals surface area contributed by atoms with Crippen molar-refractivity contribution in [2.75, 3.05) is 33.2 Å². The van der Waals surface area contributed by atoms with Gasteiger partial charge in [0.1, 0.15) is 6.54 Å². The molecule has 0 saturated carbocycles. The fraction of sp³-hybridized carbons (Fsp3) is 0.438. The summed E-state index contributed by atoms with van der Waals surface area (Å²) in [6.07, 6.45) is 2.08. The van der Waals surface area contributed by atoms with Gasteiger partial charge in [-0.05, 0) is 25.6 Å². The number of likely N-dealkylation sites (N-methyl/N-ethyl adjacent to an activating group) is 1. The molecule has 1 saturated heterocycles. The lowest BCUT2D eigenvalue weighted by atomic mass is 10.2. The minimum absolute atomic E-state index is 0.221. The predicted molar refractivity (Wildman–Crippen MR) is 80.8 cm³/mol. The van der Waals surface area contributed by atoms with Gasteiger partial charge in [0.25, 0.3) is 0 Å². The molecule has 0 spiro atoms. The van der Waals surface area contributed by atoms with Gasteiger partial charge < -0.3 is 14.4 Å². The highest BCUT2D eigenvalue weighted by Crippen LogP contribution is 2.20. The molecule has 2 aromatic rings. The number of piperazine rings is 1. The molecular formula is C16H21N3O. The Morgan fingerprint density at radius 3 is 2.60 bits per heavy atom. The van der Waals surface area contributed by atoms with Crippen LogP contribution in [-0.4, -0.2) is 53.5 Å². The maximum atomic E-state index is 12.4. The van der Waals surface area contributed by atoms with Crippen molar-refractivity contribution in [2.45, 2.75) is 13.5 Å². The van der Waals surface area contributed by atoms with Crippen molar-refractivity contribution < 1.29 is 4.79 Å². The number of hydrogen-bond acceptors (Lipinski definition) is 2. The molecule has 2 heterocycles. The number of hydrogen-bond donors (Lipinski definition) is 0. The number of aryl methyl sites for hydroxylation is 1. The van der Waals surface area contributed by atoms with E-state index in [0.29, 0.717) is 6.54 Å². The molecule has 4 heteroatoms. The Labute approximate surface area is 119 Å². The smallest absolute Gasteiger partial charge is 0.242 e. The fourth-order valence-electron chi connectivity index (χ4n) is 2.86. The summed E-state index contributed by atoms with van der Waals surface area (Å²) >= 11 is 0. The Bertz CT molecular complexity index is 624. The van der Waals surface area contributed by atoms with Crippen molar-refractivity contribution in [1.29, 1.82) is 0 Å². The molecule has 3 rings (SSSR count). The van der Waals surface area contributed by atoms with Gasteiger partial charge >= 0.3 is 0 Å². The highest BCUT2D eigenvalue weighted by Gasteiger charge is 2.19. The molecule has 4 nitrogen and oxygen atoms in total. The van der Waals surface area contributed by atoms with E-state index in [4.69, 9.17) is 0 Å². The summed E-state index contributed by atoms with van der Waals surface area (Å²) in [7, 11) is 2.10. The monoisotopic (exact) mass is 271 g/mol. The highest BCUT2D eigenvalue weighted by atomic mass is 16.2. The Kier molecular flexibility index (Phi) is 3.49. The summed E-state index contributed by atoms with van der Waals surface area (Å²) in [6.45, 7) is 6.16. The summed E-state index contributed by atoms with van der Waals surface area (Å²) in [5.74, 6) is 0.221. The lowest BCUT2D eigenvalue weighted by Gasteiger charge is -2.32. The normalized spacial score (nSPS) is 16.8. The van der Waals surface area contributed by atoms with Crippen LogP contribution in [0.25, 0.3) is 10.9 Å². The van der Waals surface area contributed by atoms with Gasteiger partial charge in [-0.1, -0.05) is 18.2 Å². The first kappa shape index (κ1) is 13.2. The molecule has 1 aromatic heterocycles. The first-order valence-electron chi connectivity index (χ1n) is 7.16. The third-order valence-corrected chi connectivity index (χ3v) is 4.15. The highest BCUT2D eigenvalue weighted by molar-refractivity contribution is 5.86. The molecule has 0 atom stereocenters. The summed E-state index contributed by atoms with van der Waals surface area (Å²) in [4.78, 5) is 16.7. The first-order valence-corrected chi connectivity index (χ1v) is 7.16. The van der Waals surface area contributed by atoms with E-state index in [9.17, 15) is 4.79 Å². The average molecular weight is 271 g/mol. The van der Waals surface area contributed by atoms with Gasteiger partial charge in [0.2, 0.25) is 5.91 Å². The zero-order valence-electron chi connectivity index (χ0n) is 12.2. The second-order valence-electron chi connectivity index (χ2n) is 5.64. The second-order valence-corrected chi connectivity index (χ2v) is 5.64. The van der Waals surface area contributed by atoms with Gasteiger partial charge in [-0.25, -0.2) is 0 Å². The molecule has 1 fully saturated rings. The van der Waals surface area contributed by atoms with E-state index in [0.717, 1.165) is 31.7 Å². The number of benzene rings is 1. The molecule has 0 bridgehead atoms. The summed E-state index contributed by atoms with van der Waals surface area (Å²) < 4.78 is 2.07. The van der Waals surface area contributed by atoms with Crippen LogP contribution in [0.5, 0.6) is 0 Å². The number of rotatable bonds is 2. The number of carbonyl (C=O) groups is 1. The predicted octanol–water partition coefficient (Wildman–Crippen LogP) is 1.72. The van der Waals surface area contributed by atoms with Crippen molar-refractivity contribution >= 4 is 16.8 Å². The van der Waals surface area contributed by atoms with Crippen LogP contribution in [0, 0.1) is 6.92 Å². The summed E-state index contributed by atoms with van der Waals surface area (Å²) in [6, 6.07) is 8.27. The van der Waals surface area contributed by atoms with Crippen LogP contribution in [0.2, 0.25) is 0 Å². The molecule has 1 aromatic carbocycles. The zero-order valence-corrected chi connectivity index (χ0v) is 12.2. The molecule has 1 amide bonds. The Morgan fingerprint density at radius 1 is 1.15 bits per heavy atom. The second kappa shape index (κ2) is 5.29. The van der Waals surface area contributed by atoms with Crippen LogP contribution >= 0.6 is 0 Å². The van der Waals surface area contributed by atoms with Gasteiger partial charge in [0, 0.05) is 43.3 Å². The van der Waals surface area contributed by atoms with Crippen LogP contribution in [0.15, 0.2) is 30.5 Å². The maximum Gasteiger partial charge on any atom is 0.242 e. The molecule has 106 valence electrons. The van der Waals surface area contributed by atoms with E-state index in [-0.39, 0.29) is 5.91 Å². The van der Waals surface area contributed by atoms with Crippen molar-refractivity contribution in [3.8, 4) is 0 Å². The zero-order chi connectivity index (χ0) is 14.1. The lowest BCUT2D eigenvalue weighted by molar-refractivity contribution is -0.133. The van der Waals surface area contributed by atoms with E-state index < -0.39 is 0 Å². The van der Waals surface area contributed by atoms with Crippen LogP contribution < -0.4 is 0 Å². The number of aromatic nitrogens is 1. The number of carbonyl (C=O) groups excluding carboxylic acids is 1. The molecule has 0 unspecified atom stereocenters. The molecule has 0 N–H and O–H groups in total. The van der Waals surface area contributed by atoms with E-state index >= 15 is 0 Å². The number of nitrogens with zero attached hydrogens (tertiary/aromatic N) is 3. The maximum absolute atomic E-state index is 12.4. The lowest BCUT2D eigenvalue weighted by Crippen LogP contribution is -2.48. The largest absolute Gasteiger partial charge is 0.339 e. The SMILES string of the molecule is Cc1cn(CC(=O)N2CCN(C)CC2)c2ccccc12. The molecule has 1 aliphatic heterocycles. The van der Waals surface area contributed by atoms with Crippen LogP contribution in [-0.2, 0) is 11.3 Å². The minimum atomic E-state index is 0.221. The van der Waals surface area contributed by atoms with Gasteiger partial charge in [-0.2, -0.15) is 0 Å². The summed E-state index contributed by atoms with van der Waals surface area (Å²) in [5, 5.41) is 1.23. The Hall–Kier alpha value is -1.81. The van der Waals surface area contributed by atoms with Gasteiger partial charge in [-0.15, -0.1) is 0 Å². The topological polar surface area (TPSA) is 28.5 Å². The van der Waals surface area contributed by atoms with Crippen molar-refractivity contribution in [3.63, 3.8) is 0 Å². The van der Waals surface area contributed by atoms with E-state index in [1.54, 1.807) is 0 Å². The van der Waals surface area contributed by atoms with E-state index in [1.807, 2.05) is 17.0 Å².